The van der Waals surface area contributed by atoms with Gasteiger partial charge in [0.2, 0.25) is 5.89 Å². The summed E-state index contributed by atoms with van der Waals surface area (Å²) in [5.41, 5.74) is 1.31. The van der Waals surface area contributed by atoms with Crippen LogP contribution in [0.15, 0.2) is 28.9 Å². The van der Waals surface area contributed by atoms with Gasteiger partial charge in [0.15, 0.2) is 17.2 Å². The molecule has 142 valence electrons. The molecule has 26 heavy (non-hydrogen) atoms. The third-order valence-corrected chi connectivity index (χ3v) is 4.05. The number of oxazole rings is 1. The Bertz CT molecular complexity index is 727. The monoisotopic (exact) mass is 361 g/mol. The number of benzene rings is 1. The summed E-state index contributed by atoms with van der Waals surface area (Å²) in [5, 5.41) is 2.71. The maximum Gasteiger partial charge on any atom is 0.273 e. The summed E-state index contributed by atoms with van der Waals surface area (Å²) in [5.74, 6) is 1.69. The van der Waals surface area contributed by atoms with E-state index in [1.54, 1.807) is 14.2 Å². The number of hydrogen-bond donors (Lipinski definition) is 1. The Balaban J connectivity index is 2.17. The van der Waals surface area contributed by atoms with Gasteiger partial charge in [-0.1, -0.05) is 12.1 Å². The van der Waals surface area contributed by atoms with E-state index in [0.29, 0.717) is 37.0 Å². The number of hydrogen-bond acceptors (Lipinski definition) is 6. The number of methoxy groups -OCH3 is 2. The molecule has 1 heterocycles. The largest absolute Gasteiger partial charge is 0.493 e. The first kappa shape index (κ1) is 19.8. The van der Waals surface area contributed by atoms with Gasteiger partial charge in [0.25, 0.3) is 5.91 Å². The summed E-state index contributed by atoms with van der Waals surface area (Å²) in [4.78, 5) is 18.3. The van der Waals surface area contributed by atoms with Gasteiger partial charge in [0, 0.05) is 24.7 Å². The second kappa shape index (κ2) is 9.24. The molecule has 0 saturated carbocycles. The molecular weight excluding hydrogens is 334 g/mol. The highest BCUT2D eigenvalue weighted by Gasteiger charge is 2.19. The molecule has 1 aromatic heterocycles. The third kappa shape index (κ3) is 4.76. The van der Waals surface area contributed by atoms with Crippen LogP contribution in [0.3, 0.4) is 0 Å². The Morgan fingerprint density at radius 3 is 2.65 bits per heavy atom. The van der Waals surface area contributed by atoms with Crippen LogP contribution in [0.25, 0.3) is 0 Å². The Morgan fingerprint density at radius 1 is 1.27 bits per heavy atom. The van der Waals surface area contributed by atoms with E-state index < -0.39 is 0 Å². The van der Waals surface area contributed by atoms with Gasteiger partial charge in [-0.2, -0.15) is 0 Å². The van der Waals surface area contributed by atoms with Crippen LogP contribution in [0.5, 0.6) is 11.5 Å². The van der Waals surface area contributed by atoms with Crippen LogP contribution in [-0.2, 0) is 13.1 Å². The molecule has 1 amide bonds. The van der Waals surface area contributed by atoms with E-state index in [9.17, 15) is 4.79 Å². The van der Waals surface area contributed by atoms with Crippen LogP contribution in [0.1, 0.15) is 42.7 Å². The number of amides is 1. The maximum absolute atomic E-state index is 11.8. The van der Waals surface area contributed by atoms with Crippen molar-refractivity contribution in [2.75, 3.05) is 20.8 Å². The summed E-state index contributed by atoms with van der Waals surface area (Å²) in [6, 6.07) is 6.06. The quantitative estimate of drug-likeness (QED) is 0.740. The predicted molar refractivity (Wildman–Crippen MR) is 98.4 cm³/mol. The number of carbonyl (C=O) groups excluding carboxylic acids is 1. The lowest BCUT2D eigenvalue weighted by molar-refractivity contribution is 0.0950. The average molecular weight is 361 g/mol. The Kier molecular flexibility index (Phi) is 7.03. The van der Waals surface area contributed by atoms with Gasteiger partial charge in [-0.3, -0.25) is 9.69 Å². The molecule has 0 aliphatic carbocycles. The van der Waals surface area contributed by atoms with Crippen molar-refractivity contribution in [2.24, 2.45) is 0 Å². The highest BCUT2D eigenvalue weighted by molar-refractivity contribution is 5.91. The van der Waals surface area contributed by atoms with Crippen molar-refractivity contribution >= 4 is 5.91 Å². The van der Waals surface area contributed by atoms with E-state index >= 15 is 0 Å². The van der Waals surface area contributed by atoms with Gasteiger partial charge < -0.3 is 19.2 Å². The molecule has 7 nitrogen and oxygen atoms in total. The zero-order chi connectivity index (χ0) is 19.1. The lowest BCUT2D eigenvalue weighted by Crippen LogP contribution is -2.30. The Morgan fingerprint density at radius 2 is 2.04 bits per heavy atom. The molecule has 2 aromatic rings. The minimum Gasteiger partial charge on any atom is -0.493 e. The van der Waals surface area contributed by atoms with Crippen LogP contribution in [0.2, 0.25) is 0 Å². The number of rotatable bonds is 9. The second-order valence-electron chi connectivity index (χ2n) is 6.14. The molecule has 0 aliphatic rings. The predicted octanol–water partition coefficient (Wildman–Crippen LogP) is 2.85. The van der Waals surface area contributed by atoms with Crippen molar-refractivity contribution < 1.29 is 18.7 Å². The zero-order valence-corrected chi connectivity index (χ0v) is 16.0. The Labute approximate surface area is 154 Å². The molecule has 7 heteroatoms. The molecule has 2 rings (SSSR count). The molecule has 0 unspecified atom stereocenters. The van der Waals surface area contributed by atoms with Crippen LogP contribution in [0, 0.1) is 0 Å². The minimum atomic E-state index is -0.229. The number of nitrogens with zero attached hydrogens (tertiary/aromatic N) is 2. The SMILES string of the molecule is CCNC(=O)c1coc(CN(Cc2cccc(OC)c2OC)C(C)C)n1. The number of carbonyl (C=O) groups is 1. The van der Waals surface area contributed by atoms with Crippen molar-refractivity contribution in [1.82, 2.24) is 15.2 Å². The fourth-order valence-electron chi connectivity index (χ4n) is 2.63. The van der Waals surface area contributed by atoms with Crippen LogP contribution in [-0.4, -0.2) is 42.6 Å². The number of aromatic nitrogens is 1. The van der Waals surface area contributed by atoms with E-state index in [0.717, 1.165) is 11.3 Å². The van der Waals surface area contributed by atoms with E-state index in [-0.39, 0.29) is 11.9 Å². The molecule has 0 fully saturated rings. The molecule has 0 bridgehead atoms. The molecule has 1 aromatic carbocycles. The van der Waals surface area contributed by atoms with Gasteiger partial charge >= 0.3 is 0 Å². The van der Waals surface area contributed by atoms with Gasteiger partial charge in [-0.05, 0) is 26.8 Å². The summed E-state index contributed by atoms with van der Waals surface area (Å²) < 4.78 is 16.4. The van der Waals surface area contributed by atoms with Gasteiger partial charge in [-0.25, -0.2) is 4.98 Å². The number of para-hydroxylation sites is 1. The summed E-state index contributed by atoms with van der Waals surface area (Å²) in [6.07, 6.45) is 1.39. The first-order valence-corrected chi connectivity index (χ1v) is 8.66. The zero-order valence-electron chi connectivity index (χ0n) is 16.0. The third-order valence-electron chi connectivity index (χ3n) is 4.05. The van der Waals surface area contributed by atoms with E-state index in [2.05, 4.69) is 29.0 Å². The normalized spacial score (nSPS) is 11.0. The minimum absolute atomic E-state index is 0.229. The first-order valence-electron chi connectivity index (χ1n) is 8.66. The van der Waals surface area contributed by atoms with Crippen molar-refractivity contribution in [3.05, 3.63) is 41.6 Å². The molecule has 0 saturated heterocycles. The average Bonchev–Trinajstić information content (AvgIpc) is 3.09. The highest BCUT2D eigenvalue weighted by Crippen LogP contribution is 2.32. The molecule has 1 N–H and O–H groups in total. The smallest absolute Gasteiger partial charge is 0.273 e. The second-order valence-corrected chi connectivity index (χ2v) is 6.14. The van der Waals surface area contributed by atoms with Gasteiger partial charge in [0.05, 0.1) is 20.8 Å². The molecule has 0 aliphatic heterocycles. The number of ether oxygens (including phenoxy) is 2. The van der Waals surface area contributed by atoms with E-state index in [1.807, 2.05) is 25.1 Å². The van der Waals surface area contributed by atoms with Crippen molar-refractivity contribution in [2.45, 2.75) is 39.9 Å². The fourth-order valence-corrected chi connectivity index (χ4v) is 2.63. The van der Waals surface area contributed by atoms with Crippen molar-refractivity contribution in [3.63, 3.8) is 0 Å². The lowest BCUT2D eigenvalue weighted by atomic mass is 10.1. The van der Waals surface area contributed by atoms with Gasteiger partial charge in [-0.15, -0.1) is 0 Å². The molecular formula is C19H27N3O4. The standard InChI is InChI=1S/C19H27N3O4/c1-6-20-19(23)15-12-26-17(21-15)11-22(13(2)3)10-14-8-7-9-16(24-4)18(14)25-5/h7-9,12-13H,6,10-11H2,1-5H3,(H,20,23). The van der Waals surface area contributed by atoms with Crippen LogP contribution < -0.4 is 14.8 Å². The van der Waals surface area contributed by atoms with E-state index in [1.165, 1.54) is 6.26 Å². The van der Waals surface area contributed by atoms with Crippen LogP contribution >= 0.6 is 0 Å². The first-order chi connectivity index (χ1) is 12.5. The summed E-state index contributed by atoms with van der Waals surface area (Å²) >= 11 is 0. The van der Waals surface area contributed by atoms with Gasteiger partial charge in [0.1, 0.15) is 6.26 Å². The molecule has 0 radical (unpaired) electrons. The lowest BCUT2D eigenvalue weighted by Gasteiger charge is -2.26. The maximum atomic E-state index is 11.8. The summed E-state index contributed by atoms with van der Waals surface area (Å²) in [7, 11) is 3.26. The fraction of sp³-hybridized carbons (Fsp3) is 0.474. The van der Waals surface area contributed by atoms with Crippen LogP contribution in [0.4, 0.5) is 0 Å². The summed E-state index contributed by atoms with van der Waals surface area (Å²) in [6.45, 7) is 7.73. The van der Waals surface area contributed by atoms with E-state index in [4.69, 9.17) is 13.9 Å². The highest BCUT2D eigenvalue weighted by atomic mass is 16.5. The molecule has 0 spiro atoms. The van der Waals surface area contributed by atoms with Crippen molar-refractivity contribution in [1.29, 1.82) is 0 Å². The number of nitrogens with one attached hydrogen (secondary N) is 1. The Hall–Kier alpha value is -2.54. The topological polar surface area (TPSA) is 76.8 Å². The molecule has 0 atom stereocenters. The van der Waals surface area contributed by atoms with Crippen molar-refractivity contribution in [3.8, 4) is 11.5 Å².